The maximum absolute atomic E-state index is 2.89. The predicted molar refractivity (Wildman–Crippen MR) is 213 cm³/mol. The molecule has 1 aromatic heterocycles. The first-order chi connectivity index (χ1) is 23.8. The molecule has 0 amide bonds. The van der Waals surface area contributed by atoms with Crippen LogP contribution in [0.2, 0.25) is 5.82 Å². The molecule has 6 aliphatic rings. The molecule has 2 nitrogen and oxygen atoms in total. The normalized spacial score (nSPS) is 26.2. The predicted octanol–water partition coefficient (Wildman–Crippen LogP) is 11.2. The van der Waals surface area contributed by atoms with Crippen LogP contribution in [0.15, 0.2) is 108 Å². The summed E-state index contributed by atoms with van der Waals surface area (Å²) in [7, 11) is 0. The highest BCUT2D eigenvalue weighted by Crippen LogP contribution is 2.61. The van der Waals surface area contributed by atoms with E-state index in [1.54, 1.807) is 22.3 Å². The Hall–Kier alpha value is -3.98. The van der Waals surface area contributed by atoms with Crippen LogP contribution in [0, 0.1) is 22.7 Å². The molecule has 252 valence electrons. The lowest BCUT2D eigenvalue weighted by molar-refractivity contribution is 0.279. The minimum Gasteiger partial charge on any atom is -0.338 e. The Morgan fingerprint density at radius 1 is 0.780 bits per heavy atom. The molecular formula is C47H51BN2. The van der Waals surface area contributed by atoms with E-state index < -0.39 is 0 Å². The highest BCUT2D eigenvalue weighted by atomic mass is 15.2. The van der Waals surface area contributed by atoms with E-state index in [4.69, 9.17) is 0 Å². The number of para-hydroxylation sites is 1. The standard InChI is InChI=1S/C47H51BN2/c1-45(2,3)29-21-22-39-34(23-29)35-24-30(46(4,5)6)25-37-44(35)50(39)41-27-31(47(7,8)28-15-10-9-11-16-28)26-40-42(41)48(37)36-19-14-18-33-32-17-12-13-20-38(32)49(40)43(33)36/h9-18,20-22,25-27,29,35-37,44H,19,23-24H2,1-8H3. The van der Waals surface area contributed by atoms with Gasteiger partial charge in [-0.1, -0.05) is 134 Å². The summed E-state index contributed by atoms with van der Waals surface area (Å²) in [6, 6.07) is 26.1. The lowest BCUT2D eigenvalue weighted by Gasteiger charge is -2.53. The molecule has 5 unspecified atom stereocenters. The van der Waals surface area contributed by atoms with E-state index in [1.807, 2.05) is 0 Å². The summed E-state index contributed by atoms with van der Waals surface area (Å²) in [6.07, 6.45) is 16.3. The molecule has 0 fully saturated rings. The van der Waals surface area contributed by atoms with Crippen LogP contribution in [0.1, 0.15) is 103 Å². The fraction of sp³-hybridized carbons (Fsp3) is 0.404. The highest BCUT2D eigenvalue weighted by Gasteiger charge is 2.59. The van der Waals surface area contributed by atoms with Gasteiger partial charge in [0.05, 0.1) is 5.52 Å². The van der Waals surface area contributed by atoms with Crippen molar-refractivity contribution in [2.24, 2.45) is 22.7 Å². The van der Waals surface area contributed by atoms with Crippen LogP contribution in [-0.4, -0.2) is 17.3 Å². The van der Waals surface area contributed by atoms with E-state index in [-0.39, 0.29) is 16.2 Å². The van der Waals surface area contributed by atoms with Gasteiger partial charge in [-0.25, -0.2) is 0 Å². The Morgan fingerprint density at radius 2 is 1.52 bits per heavy atom. The molecule has 50 heavy (non-hydrogen) atoms. The number of nitrogens with zero attached hydrogens (tertiary/aromatic N) is 2. The first-order valence-corrected chi connectivity index (χ1v) is 19.3. The Balaban J connectivity index is 1.30. The number of fused-ring (bicyclic) bond motifs is 9. The van der Waals surface area contributed by atoms with E-state index in [2.05, 4.69) is 162 Å². The lowest BCUT2D eigenvalue weighted by atomic mass is 9.24. The van der Waals surface area contributed by atoms with Crippen molar-refractivity contribution in [2.45, 2.75) is 97.7 Å². The minimum atomic E-state index is -0.152. The quantitative estimate of drug-likeness (QED) is 0.154. The Labute approximate surface area is 299 Å². The Morgan fingerprint density at radius 3 is 2.28 bits per heavy atom. The number of hydrogen-bond donors (Lipinski definition) is 0. The van der Waals surface area contributed by atoms with Crippen LogP contribution in [0.5, 0.6) is 0 Å². The molecule has 0 saturated heterocycles. The maximum Gasteiger partial charge on any atom is 0.200 e. The van der Waals surface area contributed by atoms with Gasteiger partial charge in [-0.3, -0.25) is 0 Å². The molecular weight excluding hydrogens is 603 g/mol. The van der Waals surface area contributed by atoms with E-state index in [0.717, 1.165) is 6.42 Å². The SMILES string of the molecule is CC(C)(C)C1=CC2B3c4c(cc(C(C)(C)c5ccccc5)cc4-n4c5c(c6ccccc64)C=CCC35)N3C4=C(CC(C(C)(C)C)C=C4)C(C1)C23. The Bertz CT molecular complexity index is 2230. The van der Waals surface area contributed by atoms with Gasteiger partial charge in [0.25, 0.3) is 0 Å². The molecule has 4 aromatic rings. The first kappa shape index (κ1) is 30.8. The Kier molecular flexibility index (Phi) is 6.22. The van der Waals surface area contributed by atoms with Crippen LogP contribution < -0.4 is 10.4 Å². The van der Waals surface area contributed by atoms with Gasteiger partial charge in [0, 0.05) is 51.1 Å². The van der Waals surface area contributed by atoms with Gasteiger partial charge < -0.3 is 9.47 Å². The number of benzene rings is 3. The molecule has 0 spiro atoms. The zero-order valence-corrected chi connectivity index (χ0v) is 31.2. The number of hydrogen-bond acceptors (Lipinski definition) is 1. The van der Waals surface area contributed by atoms with Crippen LogP contribution in [0.25, 0.3) is 22.7 Å². The second-order valence-electron chi connectivity index (χ2n) is 19.0. The van der Waals surface area contributed by atoms with Crippen molar-refractivity contribution in [3.8, 4) is 5.69 Å². The minimum absolute atomic E-state index is 0.152. The molecule has 0 bridgehead atoms. The molecule has 0 N–H and O–H groups in total. The summed E-state index contributed by atoms with van der Waals surface area (Å²) < 4.78 is 2.71. The van der Waals surface area contributed by atoms with Gasteiger partial charge in [-0.15, -0.1) is 0 Å². The third kappa shape index (κ3) is 4.04. The van der Waals surface area contributed by atoms with Crippen LogP contribution in [0.4, 0.5) is 5.69 Å². The van der Waals surface area contributed by atoms with Crippen molar-refractivity contribution in [3.05, 3.63) is 130 Å². The van der Waals surface area contributed by atoms with E-state index >= 15 is 0 Å². The molecule has 5 atom stereocenters. The number of rotatable bonds is 2. The molecule has 3 aromatic carbocycles. The molecule has 0 saturated carbocycles. The van der Waals surface area contributed by atoms with E-state index in [0.29, 0.717) is 36.2 Å². The van der Waals surface area contributed by atoms with Gasteiger partial charge in [0.1, 0.15) is 0 Å². The van der Waals surface area contributed by atoms with Gasteiger partial charge in [0.2, 0.25) is 0 Å². The first-order valence-electron chi connectivity index (χ1n) is 19.3. The molecule has 3 heteroatoms. The zero-order valence-electron chi connectivity index (χ0n) is 31.2. The van der Waals surface area contributed by atoms with Gasteiger partial charge in [-0.2, -0.15) is 0 Å². The topological polar surface area (TPSA) is 8.17 Å². The smallest absolute Gasteiger partial charge is 0.200 e. The summed E-state index contributed by atoms with van der Waals surface area (Å²) in [4.78, 5) is 2.89. The second kappa shape index (κ2) is 10.1. The van der Waals surface area contributed by atoms with Crippen molar-refractivity contribution in [2.75, 3.05) is 4.90 Å². The van der Waals surface area contributed by atoms with Crippen LogP contribution in [-0.2, 0) is 5.41 Å². The summed E-state index contributed by atoms with van der Waals surface area (Å²) in [5.74, 6) is 2.04. The summed E-state index contributed by atoms with van der Waals surface area (Å²) in [5.41, 5.74) is 16.8. The fourth-order valence-electron chi connectivity index (χ4n) is 11.2. The maximum atomic E-state index is 2.89. The molecule has 3 aliphatic carbocycles. The van der Waals surface area contributed by atoms with E-state index in [1.165, 1.54) is 57.5 Å². The van der Waals surface area contributed by atoms with Crippen molar-refractivity contribution >= 4 is 34.8 Å². The second-order valence-corrected chi connectivity index (χ2v) is 19.0. The number of allylic oxidation sites excluding steroid dienone is 4. The average Bonchev–Trinajstić information content (AvgIpc) is 3.61. The van der Waals surface area contributed by atoms with Crippen LogP contribution >= 0.6 is 0 Å². The molecule has 0 radical (unpaired) electrons. The van der Waals surface area contributed by atoms with E-state index in [9.17, 15) is 0 Å². The van der Waals surface area contributed by atoms with Gasteiger partial charge >= 0.3 is 0 Å². The van der Waals surface area contributed by atoms with Crippen LogP contribution in [0.3, 0.4) is 0 Å². The lowest BCUT2D eigenvalue weighted by Crippen LogP contribution is -2.60. The monoisotopic (exact) mass is 654 g/mol. The largest absolute Gasteiger partial charge is 0.338 e. The summed E-state index contributed by atoms with van der Waals surface area (Å²) in [5, 5.41) is 1.39. The third-order valence-corrected chi connectivity index (χ3v) is 14.0. The molecule has 4 heterocycles. The van der Waals surface area contributed by atoms with Gasteiger partial charge in [0.15, 0.2) is 6.71 Å². The highest BCUT2D eigenvalue weighted by molar-refractivity contribution is 6.80. The number of anilines is 1. The molecule has 10 rings (SSSR count). The van der Waals surface area contributed by atoms with Crippen molar-refractivity contribution < 1.29 is 0 Å². The van der Waals surface area contributed by atoms with Crippen molar-refractivity contribution in [1.29, 1.82) is 0 Å². The average molecular weight is 655 g/mol. The molecule has 3 aliphatic heterocycles. The van der Waals surface area contributed by atoms with Crippen molar-refractivity contribution in [1.82, 2.24) is 4.57 Å². The summed E-state index contributed by atoms with van der Waals surface area (Å²) in [6.45, 7) is 20.0. The number of aromatic nitrogens is 1. The zero-order chi connectivity index (χ0) is 34.5. The summed E-state index contributed by atoms with van der Waals surface area (Å²) >= 11 is 0. The van der Waals surface area contributed by atoms with Crippen molar-refractivity contribution in [3.63, 3.8) is 0 Å². The third-order valence-electron chi connectivity index (χ3n) is 14.0. The van der Waals surface area contributed by atoms with Gasteiger partial charge in [-0.05, 0) is 94.1 Å². The fourth-order valence-corrected chi connectivity index (χ4v) is 11.2.